The predicted octanol–water partition coefficient (Wildman–Crippen LogP) is 2.19. The highest BCUT2D eigenvalue weighted by Gasteiger charge is 2.22. The normalized spacial score (nSPS) is 10.7. The van der Waals surface area contributed by atoms with Crippen molar-refractivity contribution >= 4 is 28.3 Å². The van der Waals surface area contributed by atoms with Gasteiger partial charge in [-0.05, 0) is 6.42 Å². The van der Waals surface area contributed by atoms with Crippen LogP contribution in [0.4, 0.5) is 0 Å². The Kier molecular flexibility index (Phi) is 11.5. The van der Waals surface area contributed by atoms with Gasteiger partial charge in [0.2, 0.25) is 0 Å². The molecule has 0 aromatic rings. The van der Waals surface area contributed by atoms with E-state index in [1.807, 2.05) is 0 Å². The molecule has 0 rings (SSSR count). The highest BCUT2D eigenvalue weighted by molar-refractivity contribution is 7.82. The molecule has 0 aliphatic rings. The molecular weight excluding hydrogens is 340 g/mol. The molecule has 0 saturated heterocycles. The van der Waals surface area contributed by atoms with Crippen LogP contribution in [0.1, 0.15) is 58.3 Å². The lowest BCUT2D eigenvalue weighted by Gasteiger charge is -2.05. The van der Waals surface area contributed by atoms with E-state index in [4.69, 9.17) is 4.74 Å². The highest BCUT2D eigenvalue weighted by Crippen LogP contribution is 2.06. The number of esters is 1. The van der Waals surface area contributed by atoms with E-state index in [0.717, 1.165) is 32.1 Å². The zero-order valence-corrected chi connectivity index (χ0v) is 14.6. The smallest absolute Gasteiger partial charge is 0.466 e. The summed E-state index contributed by atoms with van der Waals surface area (Å²) in [6.45, 7) is 5.38. The fourth-order valence-electron chi connectivity index (χ4n) is 1.65. The van der Waals surface area contributed by atoms with Gasteiger partial charge in [-0.15, -0.1) is 8.42 Å². The Morgan fingerprint density at radius 3 is 2.12 bits per heavy atom. The second kappa shape index (κ2) is 12.5. The van der Waals surface area contributed by atoms with Gasteiger partial charge in [0.15, 0.2) is 0 Å². The molecule has 0 aliphatic heterocycles. The minimum Gasteiger partial charge on any atom is -0.466 e. The molecule has 0 heterocycles. The third-order valence-corrected chi connectivity index (χ3v) is 3.60. The quantitative estimate of drug-likeness (QED) is 0.278. The molecule has 0 aromatic carbocycles. The lowest BCUT2D eigenvalue weighted by atomic mass is 10.1. The first-order chi connectivity index (χ1) is 11.3. The Morgan fingerprint density at radius 1 is 0.917 bits per heavy atom. The van der Waals surface area contributed by atoms with E-state index >= 15 is 0 Å². The van der Waals surface area contributed by atoms with Gasteiger partial charge >= 0.3 is 28.3 Å². The Balaban J connectivity index is 3.84. The number of carbonyl (C=O) groups excluding carboxylic acids is 3. The Morgan fingerprint density at radius 2 is 1.50 bits per heavy atom. The Bertz CT molecular complexity index is 524. The van der Waals surface area contributed by atoms with Crippen molar-refractivity contribution in [3.63, 3.8) is 0 Å². The van der Waals surface area contributed by atoms with E-state index < -0.39 is 34.7 Å². The van der Waals surface area contributed by atoms with Gasteiger partial charge in [0.25, 0.3) is 0 Å². The van der Waals surface area contributed by atoms with Crippen molar-refractivity contribution < 1.29 is 35.9 Å². The topological polar surface area (TPSA) is 113 Å². The zero-order chi connectivity index (χ0) is 18.4. The second-order valence-electron chi connectivity index (χ2n) is 4.96. The van der Waals surface area contributed by atoms with Crippen LogP contribution in [0.2, 0.25) is 0 Å². The van der Waals surface area contributed by atoms with Gasteiger partial charge in [-0.2, -0.15) is 0 Å². The van der Waals surface area contributed by atoms with Crippen molar-refractivity contribution in [3.8, 4) is 0 Å². The second-order valence-corrected chi connectivity index (χ2v) is 6.11. The molecule has 0 N–H and O–H groups in total. The van der Waals surface area contributed by atoms with Crippen LogP contribution in [0.3, 0.4) is 0 Å². The van der Waals surface area contributed by atoms with Gasteiger partial charge in [-0.25, -0.2) is 4.79 Å². The molecule has 0 fully saturated rings. The minimum absolute atomic E-state index is 0.259. The SMILES string of the molecule is C=CC(=O)OS(=O)(=O)OC(=O)CCC(=O)OCCCCCCCC. The van der Waals surface area contributed by atoms with E-state index in [-0.39, 0.29) is 13.0 Å². The van der Waals surface area contributed by atoms with E-state index in [0.29, 0.717) is 6.08 Å². The predicted molar refractivity (Wildman–Crippen MR) is 84.9 cm³/mol. The maximum Gasteiger partial charge on any atom is 0.506 e. The molecule has 0 unspecified atom stereocenters. The van der Waals surface area contributed by atoms with E-state index in [9.17, 15) is 22.8 Å². The van der Waals surface area contributed by atoms with Crippen LogP contribution in [0.15, 0.2) is 12.7 Å². The van der Waals surface area contributed by atoms with Crippen LogP contribution >= 0.6 is 0 Å². The van der Waals surface area contributed by atoms with Gasteiger partial charge in [-0.1, -0.05) is 45.6 Å². The first-order valence-electron chi connectivity index (χ1n) is 7.79. The summed E-state index contributed by atoms with van der Waals surface area (Å²) in [7, 11) is -4.79. The van der Waals surface area contributed by atoms with Gasteiger partial charge in [-0.3, -0.25) is 9.59 Å². The van der Waals surface area contributed by atoms with Crippen molar-refractivity contribution in [3.05, 3.63) is 12.7 Å². The van der Waals surface area contributed by atoms with Crippen molar-refractivity contribution in [2.75, 3.05) is 6.61 Å². The first-order valence-corrected chi connectivity index (χ1v) is 9.12. The molecule has 0 atom stereocenters. The van der Waals surface area contributed by atoms with Crippen LogP contribution in [-0.2, 0) is 37.9 Å². The van der Waals surface area contributed by atoms with Crippen molar-refractivity contribution in [1.29, 1.82) is 0 Å². The standard InChI is InChI=1S/C15H24O8S/c1-3-5-6-7-8-9-12-21-14(17)10-11-15(18)23-24(19,20)22-13(16)4-2/h4H,2-3,5-12H2,1H3. The van der Waals surface area contributed by atoms with Crippen LogP contribution < -0.4 is 0 Å². The fraction of sp³-hybridized carbons (Fsp3) is 0.667. The van der Waals surface area contributed by atoms with Gasteiger partial charge in [0.1, 0.15) is 0 Å². The molecular formula is C15H24O8S. The fourth-order valence-corrected chi connectivity index (χ4v) is 2.27. The Labute approximate surface area is 142 Å². The van der Waals surface area contributed by atoms with Crippen molar-refractivity contribution in [2.45, 2.75) is 58.3 Å². The summed E-state index contributed by atoms with van der Waals surface area (Å²) < 4.78 is 35.0. The van der Waals surface area contributed by atoms with E-state index in [2.05, 4.69) is 21.9 Å². The zero-order valence-electron chi connectivity index (χ0n) is 13.8. The van der Waals surface area contributed by atoms with Gasteiger partial charge in [0.05, 0.1) is 19.4 Å². The summed E-state index contributed by atoms with van der Waals surface area (Å²) in [6, 6.07) is 0. The number of hydrogen-bond donors (Lipinski definition) is 0. The number of rotatable bonds is 13. The highest BCUT2D eigenvalue weighted by atomic mass is 32.3. The van der Waals surface area contributed by atoms with Crippen molar-refractivity contribution in [2.24, 2.45) is 0 Å². The lowest BCUT2D eigenvalue weighted by molar-refractivity contribution is -0.147. The van der Waals surface area contributed by atoms with Crippen LogP contribution in [0.5, 0.6) is 0 Å². The summed E-state index contributed by atoms with van der Waals surface area (Å²) in [5, 5.41) is 0. The number of unbranched alkanes of at least 4 members (excludes halogenated alkanes) is 5. The number of ether oxygens (including phenoxy) is 1. The summed E-state index contributed by atoms with van der Waals surface area (Å²) in [5.74, 6) is -3.12. The number of carbonyl (C=O) groups is 3. The molecule has 0 radical (unpaired) electrons. The van der Waals surface area contributed by atoms with Gasteiger partial charge in [0, 0.05) is 6.08 Å². The molecule has 138 valence electrons. The lowest BCUT2D eigenvalue weighted by Crippen LogP contribution is -2.19. The summed E-state index contributed by atoms with van der Waals surface area (Å²) in [6.07, 6.45) is 6.07. The van der Waals surface area contributed by atoms with Crippen LogP contribution in [-0.4, -0.2) is 32.9 Å². The van der Waals surface area contributed by atoms with E-state index in [1.165, 1.54) is 6.42 Å². The van der Waals surface area contributed by atoms with Gasteiger partial charge < -0.3 is 13.1 Å². The third-order valence-electron chi connectivity index (χ3n) is 2.84. The average Bonchev–Trinajstić information content (AvgIpc) is 2.51. The molecule has 0 amide bonds. The molecule has 9 heteroatoms. The molecule has 24 heavy (non-hydrogen) atoms. The minimum atomic E-state index is -4.79. The average molecular weight is 364 g/mol. The molecule has 0 bridgehead atoms. The van der Waals surface area contributed by atoms with Crippen LogP contribution in [0, 0.1) is 0 Å². The van der Waals surface area contributed by atoms with Crippen molar-refractivity contribution in [1.82, 2.24) is 0 Å². The largest absolute Gasteiger partial charge is 0.506 e. The molecule has 0 aliphatic carbocycles. The summed E-state index contributed by atoms with van der Waals surface area (Å²) in [4.78, 5) is 33.4. The summed E-state index contributed by atoms with van der Waals surface area (Å²) in [5.41, 5.74) is 0. The maximum atomic E-state index is 11.4. The molecule has 0 spiro atoms. The molecule has 0 aromatic heterocycles. The molecule has 0 saturated carbocycles. The Hall–Kier alpha value is -1.90. The van der Waals surface area contributed by atoms with E-state index in [1.54, 1.807) is 0 Å². The number of hydrogen-bond acceptors (Lipinski definition) is 8. The maximum absolute atomic E-state index is 11.4. The monoisotopic (exact) mass is 364 g/mol. The first kappa shape index (κ1) is 22.1. The summed E-state index contributed by atoms with van der Waals surface area (Å²) >= 11 is 0. The van der Waals surface area contributed by atoms with Crippen LogP contribution in [0.25, 0.3) is 0 Å². The third kappa shape index (κ3) is 12.6. The molecule has 8 nitrogen and oxygen atoms in total.